The largest absolute Gasteiger partial charge is 0.356 e. The summed E-state index contributed by atoms with van der Waals surface area (Å²) in [5, 5.41) is 3.55. The fourth-order valence-electron chi connectivity index (χ4n) is 1.48. The van der Waals surface area contributed by atoms with Crippen molar-refractivity contribution in [3.8, 4) is 0 Å². The number of halogens is 1. The van der Waals surface area contributed by atoms with Gasteiger partial charge >= 0.3 is 0 Å². The smallest absolute Gasteiger partial charge is 0.224 e. The fourth-order valence-corrected chi connectivity index (χ4v) is 1.68. The minimum Gasteiger partial charge on any atom is -0.356 e. The van der Waals surface area contributed by atoms with Gasteiger partial charge in [-0.1, -0.05) is 49.6 Å². The zero-order valence-corrected chi connectivity index (χ0v) is 10.4. The highest BCUT2D eigenvalue weighted by Crippen LogP contribution is 2.15. The van der Waals surface area contributed by atoms with E-state index in [1.54, 1.807) is 6.07 Å². The van der Waals surface area contributed by atoms with E-state index >= 15 is 0 Å². The zero-order valence-electron chi connectivity index (χ0n) is 9.63. The third-order valence-electron chi connectivity index (χ3n) is 2.41. The monoisotopic (exact) mass is 239 g/mol. The first kappa shape index (κ1) is 13.0. The summed E-state index contributed by atoms with van der Waals surface area (Å²) >= 11 is 5.97. The Kier molecular flexibility index (Phi) is 5.94. The lowest BCUT2D eigenvalue weighted by molar-refractivity contribution is -0.120. The first-order valence-corrected chi connectivity index (χ1v) is 6.12. The van der Waals surface area contributed by atoms with Crippen LogP contribution >= 0.6 is 11.6 Å². The average Bonchev–Trinajstić information content (AvgIpc) is 2.28. The summed E-state index contributed by atoms with van der Waals surface area (Å²) in [5.74, 6) is 0.0456. The predicted octanol–water partition coefficient (Wildman–Crippen LogP) is 3.19. The van der Waals surface area contributed by atoms with E-state index in [9.17, 15) is 4.79 Å². The number of amides is 1. The first-order chi connectivity index (χ1) is 7.74. The highest BCUT2D eigenvalue weighted by Gasteiger charge is 2.05. The van der Waals surface area contributed by atoms with Crippen LogP contribution in [-0.4, -0.2) is 12.5 Å². The molecule has 0 saturated carbocycles. The molecule has 3 heteroatoms. The van der Waals surface area contributed by atoms with Crippen molar-refractivity contribution in [3.05, 3.63) is 34.9 Å². The van der Waals surface area contributed by atoms with Crippen LogP contribution < -0.4 is 5.32 Å². The van der Waals surface area contributed by atoms with Crippen molar-refractivity contribution < 1.29 is 4.79 Å². The number of benzene rings is 1. The van der Waals surface area contributed by atoms with E-state index in [-0.39, 0.29) is 5.91 Å². The summed E-state index contributed by atoms with van der Waals surface area (Å²) in [6.07, 6.45) is 3.74. The third kappa shape index (κ3) is 4.67. The maximum atomic E-state index is 11.6. The van der Waals surface area contributed by atoms with Crippen molar-refractivity contribution in [3.63, 3.8) is 0 Å². The van der Waals surface area contributed by atoms with Crippen LogP contribution in [0.3, 0.4) is 0 Å². The van der Waals surface area contributed by atoms with Crippen molar-refractivity contribution >= 4 is 17.5 Å². The van der Waals surface area contributed by atoms with Crippen LogP contribution in [0.4, 0.5) is 0 Å². The van der Waals surface area contributed by atoms with Gasteiger partial charge in [-0.25, -0.2) is 0 Å². The predicted molar refractivity (Wildman–Crippen MR) is 67.7 cm³/mol. The van der Waals surface area contributed by atoms with E-state index in [1.165, 1.54) is 6.42 Å². The molecule has 0 aromatic heterocycles. The van der Waals surface area contributed by atoms with Gasteiger partial charge < -0.3 is 5.32 Å². The lowest BCUT2D eigenvalue weighted by Crippen LogP contribution is -2.26. The van der Waals surface area contributed by atoms with Crippen molar-refractivity contribution in [1.29, 1.82) is 0 Å². The molecule has 0 saturated heterocycles. The van der Waals surface area contributed by atoms with Gasteiger partial charge in [0.15, 0.2) is 0 Å². The highest BCUT2D eigenvalue weighted by molar-refractivity contribution is 6.31. The fraction of sp³-hybridized carbons (Fsp3) is 0.462. The summed E-state index contributed by atoms with van der Waals surface area (Å²) in [6.45, 7) is 2.91. The minimum absolute atomic E-state index is 0.0456. The maximum Gasteiger partial charge on any atom is 0.224 e. The Bertz CT molecular complexity index is 338. The molecule has 0 aliphatic rings. The lowest BCUT2D eigenvalue weighted by atomic mass is 10.1. The van der Waals surface area contributed by atoms with Crippen LogP contribution in [0.25, 0.3) is 0 Å². The molecular weight excluding hydrogens is 222 g/mol. The molecule has 0 spiro atoms. The number of unbranched alkanes of at least 4 members (excludes halogenated alkanes) is 2. The Morgan fingerprint density at radius 2 is 2.06 bits per heavy atom. The maximum absolute atomic E-state index is 11.6. The second-order valence-electron chi connectivity index (χ2n) is 3.83. The van der Waals surface area contributed by atoms with E-state index in [1.807, 2.05) is 18.2 Å². The van der Waals surface area contributed by atoms with E-state index < -0.39 is 0 Å². The summed E-state index contributed by atoms with van der Waals surface area (Å²) in [7, 11) is 0. The molecule has 1 aromatic carbocycles. The quantitative estimate of drug-likeness (QED) is 0.759. The average molecular weight is 240 g/mol. The molecule has 1 amide bonds. The molecule has 0 heterocycles. The number of hydrogen-bond acceptors (Lipinski definition) is 1. The second kappa shape index (κ2) is 7.29. The standard InChI is InChI=1S/C13H18ClNO/c1-2-3-6-9-15-13(16)10-11-7-4-5-8-12(11)14/h4-5,7-8H,2-3,6,9-10H2,1H3,(H,15,16). The summed E-state index contributed by atoms with van der Waals surface area (Å²) in [6, 6.07) is 7.45. The van der Waals surface area contributed by atoms with Gasteiger partial charge in [-0.15, -0.1) is 0 Å². The molecule has 0 atom stereocenters. The molecule has 16 heavy (non-hydrogen) atoms. The van der Waals surface area contributed by atoms with Gasteiger partial charge in [-0.05, 0) is 18.1 Å². The zero-order chi connectivity index (χ0) is 11.8. The van der Waals surface area contributed by atoms with Gasteiger partial charge in [0.1, 0.15) is 0 Å². The molecule has 0 bridgehead atoms. The Morgan fingerprint density at radius 3 is 2.75 bits per heavy atom. The SMILES string of the molecule is CCCCCNC(=O)Cc1ccccc1Cl. The third-order valence-corrected chi connectivity index (χ3v) is 2.78. The molecule has 2 nitrogen and oxygen atoms in total. The summed E-state index contributed by atoms with van der Waals surface area (Å²) in [4.78, 5) is 11.6. The number of carbonyl (C=O) groups excluding carboxylic acids is 1. The molecule has 1 rings (SSSR count). The van der Waals surface area contributed by atoms with Gasteiger partial charge in [0, 0.05) is 11.6 Å². The number of carbonyl (C=O) groups is 1. The summed E-state index contributed by atoms with van der Waals surface area (Å²) < 4.78 is 0. The van der Waals surface area contributed by atoms with Crippen molar-refractivity contribution in [1.82, 2.24) is 5.32 Å². The molecule has 0 fully saturated rings. The van der Waals surface area contributed by atoms with E-state index in [2.05, 4.69) is 12.2 Å². The van der Waals surface area contributed by atoms with E-state index in [4.69, 9.17) is 11.6 Å². The van der Waals surface area contributed by atoms with Crippen molar-refractivity contribution in [2.24, 2.45) is 0 Å². The van der Waals surface area contributed by atoms with Gasteiger partial charge in [0.05, 0.1) is 6.42 Å². The summed E-state index contributed by atoms with van der Waals surface area (Å²) in [5.41, 5.74) is 0.886. The normalized spacial score (nSPS) is 10.1. The second-order valence-corrected chi connectivity index (χ2v) is 4.23. The van der Waals surface area contributed by atoms with Gasteiger partial charge in [0.25, 0.3) is 0 Å². The molecule has 0 aliphatic heterocycles. The molecule has 0 aliphatic carbocycles. The Balaban J connectivity index is 2.32. The molecule has 1 aromatic rings. The Labute approximate surface area is 102 Å². The molecule has 1 N–H and O–H groups in total. The molecular formula is C13H18ClNO. The number of hydrogen-bond donors (Lipinski definition) is 1. The van der Waals surface area contributed by atoms with E-state index in [0.717, 1.165) is 24.9 Å². The van der Waals surface area contributed by atoms with Crippen LogP contribution in [0.5, 0.6) is 0 Å². The van der Waals surface area contributed by atoms with Crippen LogP contribution in [0, 0.1) is 0 Å². The van der Waals surface area contributed by atoms with Gasteiger partial charge in [-0.2, -0.15) is 0 Å². The van der Waals surface area contributed by atoms with Gasteiger partial charge in [-0.3, -0.25) is 4.79 Å². The highest BCUT2D eigenvalue weighted by atomic mass is 35.5. The molecule has 0 unspecified atom stereocenters. The molecule has 0 radical (unpaired) electrons. The number of nitrogens with one attached hydrogen (secondary N) is 1. The van der Waals surface area contributed by atoms with Crippen LogP contribution in [0.2, 0.25) is 5.02 Å². The van der Waals surface area contributed by atoms with E-state index in [0.29, 0.717) is 11.4 Å². The van der Waals surface area contributed by atoms with Crippen molar-refractivity contribution in [2.45, 2.75) is 32.6 Å². The lowest BCUT2D eigenvalue weighted by Gasteiger charge is -2.05. The topological polar surface area (TPSA) is 29.1 Å². The minimum atomic E-state index is 0.0456. The van der Waals surface area contributed by atoms with Crippen molar-refractivity contribution in [2.75, 3.05) is 6.54 Å². The molecule has 88 valence electrons. The Morgan fingerprint density at radius 1 is 1.31 bits per heavy atom. The Hall–Kier alpha value is -1.02. The van der Waals surface area contributed by atoms with Gasteiger partial charge in [0.2, 0.25) is 5.91 Å². The van der Waals surface area contributed by atoms with Crippen LogP contribution in [-0.2, 0) is 11.2 Å². The van der Waals surface area contributed by atoms with Crippen LogP contribution in [0.1, 0.15) is 31.7 Å². The number of rotatable bonds is 6. The van der Waals surface area contributed by atoms with Crippen LogP contribution in [0.15, 0.2) is 24.3 Å². The first-order valence-electron chi connectivity index (χ1n) is 5.74.